The van der Waals surface area contributed by atoms with E-state index in [-0.39, 0.29) is 17.3 Å². The first-order valence-electron chi connectivity index (χ1n) is 9.67. The van der Waals surface area contributed by atoms with Crippen molar-refractivity contribution in [2.24, 2.45) is 0 Å². The van der Waals surface area contributed by atoms with Crippen LogP contribution in [0.1, 0.15) is 35.7 Å². The normalized spacial score (nSPS) is 16.2. The number of rotatable bonds is 8. The fourth-order valence-electron chi connectivity index (χ4n) is 3.30. The molecule has 30 heavy (non-hydrogen) atoms. The summed E-state index contributed by atoms with van der Waals surface area (Å²) in [6.07, 6.45) is 4.71. The summed E-state index contributed by atoms with van der Waals surface area (Å²) in [5, 5.41) is 3.79. The number of benzene rings is 1. The lowest BCUT2D eigenvalue weighted by Crippen LogP contribution is -2.19. The van der Waals surface area contributed by atoms with Crippen LogP contribution in [0.2, 0.25) is 0 Å². The van der Waals surface area contributed by atoms with E-state index in [0.717, 1.165) is 36.2 Å². The second-order valence-corrected chi connectivity index (χ2v) is 8.97. The van der Waals surface area contributed by atoms with Gasteiger partial charge in [0.05, 0.1) is 22.2 Å². The van der Waals surface area contributed by atoms with Crippen LogP contribution in [0, 0.1) is 11.6 Å². The molecule has 0 bridgehead atoms. The number of H-pyrrole nitrogens is 1. The lowest BCUT2D eigenvalue weighted by atomic mass is 10.0. The van der Waals surface area contributed by atoms with Crippen LogP contribution in [-0.2, 0) is 0 Å². The first kappa shape index (κ1) is 20.9. The number of halogens is 2. The molecule has 1 fully saturated rings. The third kappa shape index (κ3) is 4.11. The number of hydrogen-bond acceptors (Lipinski definition) is 7. The highest BCUT2D eigenvalue weighted by Crippen LogP contribution is 2.31. The van der Waals surface area contributed by atoms with E-state index in [1.165, 1.54) is 30.5 Å². The Morgan fingerprint density at radius 1 is 1.37 bits per heavy atom. The van der Waals surface area contributed by atoms with Crippen molar-refractivity contribution in [1.29, 1.82) is 0 Å². The molecule has 1 aromatic carbocycles. The molecule has 0 aliphatic carbocycles. The van der Waals surface area contributed by atoms with E-state index in [2.05, 4.69) is 25.0 Å². The van der Waals surface area contributed by atoms with Crippen molar-refractivity contribution < 1.29 is 13.6 Å². The van der Waals surface area contributed by atoms with Gasteiger partial charge in [0.1, 0.15) is 23.6 Å². The number of thioether (sulfide) groups is 1. The lowest BCUT2D eigenvalue weighted by Gasteiger charge is -2.14. The number of hydrogen-bond donors (Lipinski definition) is 3. The van der Waals surface area contributed by atoms with Crippen molar-refractivity contribution in [3.8, 4) is 0 Å². The zero-order chi connectivity index (χ0) is 21.1. The van der Waals surface area contributed by atoms with Crippen molar-refractivity contribution in [1.82, 2.24) is 15.0 Å². The van der Waals surface area contributed by atoms with Crippen LogP contribution >= 0.6 is 23.7 Å². The van der Waals surface area contributed by atoms with E-state index in [0.29, 0.717) is 16.9 Å². The number of carbonyl (C=O) groups is 1. The molecule has 3 aromatic rings. The molecule has 1 atom stereocenters. The van der Waals surface area contributed by atoms with Gasteiger partial charge in [-0.05, 0) is 30.7 Å². The maximum atomic E-state index is 15.0. The number of aromatic nitrogens is 3. The van der Waals surface area contributed by atoms with Crippen molar-refractivity contribution in [2.75, 3.05) is 27.3 Å². The first-order chi connectivity index (χ1) is 14.6. The first-order valence-corrected chi connectivity index (χ1v) is 11.8. The third-order valence-electron chi connectivity index (χ3n) is 4.79. The minimum atomic E-state index is -0.906. The molecule has 4 rings (SSSR count). The maximum Gasteiger partial charge on any atom is 0.201 e. The summed E-state index contributed by atoms with van der Waals surface area (Å²) in [5.41, 5.74) is 0.0600. The molecular weight excluding hydrogens is 428 g/mol. The minimum absolute atomic E-state index is 0.0793. The molecule has 3 N–H and O–H groups in total. The Kier molecular flexibility index (Phi) is 6.43. The molecule has 0 spiro atoms. The minimum Gasteiger partial charge on any atom is -0.366 e. The number of anilines is 2. The molecule has 0 amide bonds. The Morgan fingerprint density at radius 3 is 3.00 bits per heavy atom. The summed E-state index contributed by atoms with van der Waals surface area (Å²) in [4.78, 5) is 24.6. The standard InChI is InChI=1S/C20H21F2N5OS2/c1-2-6-30-27-14-4-3-13(21)16(17(14)22)18(28)12-8-23-19-15(12)20(25-10-24-19)26-11-5-7-29-9-11/h3-4,8,10-11,27H,2,5-7,9H2,1H3,(H2,23,24,25,26). The van der Waals surface area contributed by atoms with Crippen LogP contribution in [-0.4, -0.2) is 44.0 Å². The molecule has 6 nitrogen and oxygen atoms in total. The van der Waals surface area contributed by atoms with Gasteiger partial charge in [0.25, 0.3) is 0 Å². The number of nitrogens with one attached hydrogen (secondary N) is 3. The number of nitrogens with zero attached hydrogens (tertiary/aromatic N) is 2. The van der Waals surface area contributed by atoms with Crippen LogP contribution in [0.25, 0.3) is 11.0 Å². The second kappa shape index (κ2) is 9.22. The van der Waals surface area contributed by atoms with E-state index in [1.807, 2.05) is 18.7 Å². The Balaban J connectivity index is 1.72. The monoisotopic (exact) mass is 449 g/mol. The Hall–Kier alpha value is -2.33. The van der Waals surface area contributed by atoms with Gasteiger partial charge in [-0.1, -0.05) is 18.9 Å². The smallest absolute Gasteiger partial charge is 0.201 e. The van der Waals surface area contributed by atoms with E-state index in [4.69, 9.17) is 0 Å². The summed E-state index contributed by atoms with van der Waals surface area (Å²) >= 11 is 3.15. The van der Waals surface area contributed by atoms with Gasteiger partial charge in [0, 0.05) is 23.7 Å². The van der Waals surface area contributed by atoms with Gasteiger partial charge in [-0.3, -0.25) is 4.79 Å². The van der Waals surface area contributed by atoms with Gasteiger partial charge >= 0.3 is 0 Å². The second-order valence-electron chi connectivity index (χ2n) is 6.92. The number of ketones is 1. The van der Waals surface area contributed by atoms with Gasteiger partial charge in [0.2, 0.25) is 5.78 Å². The number of carbonyl (C=O) groups excluding carboxylic acids is 1. The van der Waals surface area contributed by atoms with Gasteiger partial charge < -0.3 is 15.0 Å². The topological polar surface area (TPSA) is 82.7 Å². The van der Waals surface area contributed by atoms with Crippen LogP contribution in [0.4, 0.5) is 20.3 Å². The summed E-state index contributed by atoms with van der Waals surface area (Å²) in [7, 11) is 0. The summed E-state index contributed by atoms with van der Waals surface area (Å²) in [6, 6.07) is 2.63. The quantitative estimate of drug-likeness (QED) is 0.257. The molecule has 1 aliphatic rings. The van der Waals surface area contributed by atoms with Crippen LogP contribution in [0.15, 0.2) is 24.7 Å². The summed E-state index contributed by atoms with van der Waals surface area (Å²) < 4.78 is 32.4. The fourth-order valence-corrected chi connectivity index (χ4v) is 5.07. The molecular formula is C20H21F2N5OS2. The Morgan fingerprint density at radius 2 is 2.23 bits per heavy atom. The van der Waals surface area contributed by atoms with Crippen molar-refractivity contribution in [3.05, 3.63) is 47.4 Å². The van der Waals surface area contributed by atoms with Crippen molar-refractivity contribution >= 4 is 52.0 Å². The van der Waals surface area contributed by atoms with E-state index in [9.17, 15) is 9.18 Å². The molecule has 1 saturated heterocycles. The van der Waals surface area contributed by atoms with Crippen LogP contribution in [0.5, 0.6) is 0 Å². The average Bonchev–Trinajstić information content (AvgIpc) is 3.40. The van der Waals surface area contributed by atoms with E-state index >= 15 is 4.39 Å². The van der Waals surface area contributed by atoms with Gasteiger partial charge in [-0.25, -0.2) is 18.7 Å². The number of fused-ring (bicyclic) bond motifs is 1. The van der Waals surface area contributed by atoms with E-state index in [1.54, 1.807) is 0 Å². The highest BCUT2D eigenvalue weighted by molar-refractivity contribution is 8.00. The SMILES string of the molecule is CCCSNc1ccc(F)c(C(=O)c2c[nH]c3ncnc(NC4CCSC4)c23)c1F. The molecule has 0 saturated carbocycles. The zero-order valence-electron chi connectivity index (χ0n) is 16.3. The predicted octanol–water partition coefficient (Wildman–Crippen LogP) is 4.85. The van der Waals surface area contributed by atoms with Gasteiger partial charge in [0.15, 0.2) is 5.82 Å². The van der Waals surface area contributed by atoms with Gasteiger partial charge in [-0.15, -0.1) is 0 Å². The molecule has 10 heteroatoms. The molecule has 3 heterocycles. The molecule has 1 aliphatic heterocycles. The average molecular weight is 450 g/mol. The summed E-state index contributed by atoms with van der Waals surface area (Å²) in [6.45, 7) is 2.00. The Bertz CT molecular complexity index is 1070. The number of aromatic amines is 1. The highest BCUT2D eigenvalue weighted by Gasteiger charge is 2.26. The van der Waals surface area contributed by atoms with E-state index < -0.39 is 23.0 Å². The summed E-state index contributed by atoms with van der Waals surface area (Å²) in [5.74, 6) is 0.675. The third-order valence-corrected chi connectivity index (χ3v) is 6.93. The fraction of sp³-hybridized carbons (Fsp3) is 0.350. The molecule has 1 unspecified atom stereocenters. The maximum absolute atomic E-state index is 15.0. The van der Waals surface area contributed by atoms with Crippen molar-refractivity contribution in [3.63, 3.8) is 0 Å². The Labute approximate surface area is 181 Å². The lowest BCUT2D eigenvalue weighted by molar-refractivity contribution is 0.103. The highest BCUT2D eigenvalue weighted by atomic mass is 32.2. The van der Waals surface area contributed by atoms with Crippen LogP contribution in [0.3, 0.4) is 0 Å². The molecule has 0 radical (unpaired) electrons. The van der Waals surface area contributed by atoms with Crippen LogP contribution < -0.4 is 10.0 Å². The van der Waals surface area contributed by atoms with Crippen molar-refractivity contribution in [2.45, 2.75) is 25.8 Å². The molecule has 158 valence electrons. The predicted molar refractivity (Wildman–Crippen MR) is 119 cm³/mol. The molecule has 2 aromatic heterocycles. The zero-order valence-corrected chi connectivity index (χ0v) is 17.9. The largest absolute Gasteiger partial charge is 0.366 e. The van der Waals surface area contributed by atoms with Gasteiger partial charge in [-0.2, -0.15) is 11.8 Å².